The summed E-state index contributed by atoms with van der Waals surface area (Å²) >= 11 is 9.59. The monoisotopic (exact) mass is 427 g/mol. The Hall–Kier alpha value is -1.21. The van der Waals surface area contributed by atoms with Crippen LogP contribution < -0.4 is 0 Å². The highest BCUT2D eigenvalue weighted by Gasteiger charge is 2.30. The van der Waals surface area contributed by atoms with Gasteiger partial charge in [-0.3, -0.25) is 4.79 Å². The quantitative estimate of drug-likeness (QED) is 0.721. The third kappa shape index (κ3) is 3.28. The van der Waals surface area contributed by atoms with Gasteiger partial charge >= 0.3 is 0 Å². The lowest BCUT2D eigenvalue weighted by Crippen LogP contribution is -2.31. The third-order valence-electron chi connectivity index (χ3n) is 4.04. The molecule has 0 fully saturated rings. The Labute approximate surface area is 154 Å². The minimum Gasteiger partial charge on any atom is -0.294 e. The summed E-state index contributed by atoms with van der Waals surface area (Å²) in [4.78, 5) is 12.6. The summed E-state index contributed by atoms with van der Waals surface area (Å²) in [6.45, 7) is 2.12. The second-order valence-electron chi connectivity index (χ2n) is 5.74. The van der Waals surface area contributed by atoms with E-state index in [1.54, 1.807) is 36.4 Å². The molecule has 24 heavy (non-hydrogen) atoms. The zero-order valence-corrected chi connectivity index (χ0v) is 16.1. The second kappa shape index (κ2) is 6.59. The number of carbonyl (C=O) groups excluding carboxylic acids is 1. The highest BCUT2D eigenvalue weighted by atomic mass is 79.9. The fourth-order valence-electron chi connectivity index (χ4n) is 2.69. The Morgan fingerprint density at radius 3 is 2.50 bits per heavy atom. The van der Waals surface area contributed by atoms with E-state index in [-0.39, 0.29) is 30.2 Å². The molecule has 0 amide bonds. The first kappa shape index (κ1) is 17.6. The van der Waals surface area contributed by atoms with Gasteiger partial charge in [0.2, 0.25) is 10.0 Å². The molecule has 0 bridgehead atoms. The van der Waals surface area contributed by atoms with Gasteiger partial charge in [-0.25, -0.2) is 8.42 Å². The van der Waals surface area contributed by atoms with Crippen LogP contribution in [0.1, 0.15) is 27.9 Å². The Morgan fingerprint density at radius 2 is 1.83 bits per heavy atom. The largest absolute Gasteiger partial charge is 0.294 e. The zero-order valence-electron chi connectivity index (χ0n) is 12.9. The summed E-state index contributed by atoms with van der Waals surface area (Å²) in [5.41, 5.74) is 2.02. The fourth-order valence-corrected chi connectivity index (χ4v) is 4.97. The normalized spacial score (nSPS) is 15.9. The molecule has 3 rings (SSSR count). The van der Waals surface area contributed by atoms with Crippen LogP contribution in [0.4, 0.5) is 0 Å². The highest BCUT2D eigenvalue weighted by molar-refractivity contribution is 9.10. The molecule has 0 unspecified atom stereocenters. The number of halogens is 2. The summed E-state index contributed by atoms with van der Waals surface area (Å²) in [5.74, 6) is -0.102. The van der Waals surface area contributed by atoms with Gasteiger partial charge in [0.05, 0.1) is 4.90 Å². The molecule has 0 atom stereocenters. The molecular formula is C17H15BrClNO3S. The van der Waals surface area contributed by atoms with Crippen molar-refractivity contribution < 1.29 is 13.2 Å². The molecule has 0 saturated heterocycles. The van der Waals surface area contributed by atoms with Gasteiger partial charge in [0.25, 0.3) is 0 Å². The molecule has 126 valence electrons. The summed E-state index contributed by atoms with van der Waals surface area (Å²) in [6.07, 6.45) is 0.130. The number of rotatable bonds is 2. The van der Waals surface area contributed by atoms with Crippen molar-refractivity contribution in [3.63, 3.8) is 0 Å². The van der Waals surface area contributed by atoms with Gasteiger partial charge in [0, 0.05) is 34.6 Å². The smallest absolute Gasteiger partial charge is 0.243 e. The molecule has 4 nitrogen and oxygen atoms in total. The molecule has 0 spiro atoms. The average Bonchev–Trinajstić information content (AvgIpc) is 2.68. The predicted octanol–water partition coefficient (Wildman–Crippen LogP) is 4.19. The van der Waals surface area contributed by atoms with Crippen LogP contribution >= 0.6 is 27.5 Å². The van der Waals surface area contributed by atoms with Crippen LogP contribution in [0.15, 0.2) is 45.8 Å². The number of hydrogen-bond donors (Lipinski definition) is 0. The average molecular weight is 429 g/mol. The maximum atomic E-state index is 12.9. The van der Waals surface area contributed by atoms with Crippen molar-refractivity contribution in [2.45, 2.75) is 24.8 Å². The van der Waals surface area contributed by atoms with Crippen molar-refractivity contribution in [1.29, 1.82) is 0 Å². The maximum Gasteiger partial charge on any atom is 0.243 e. The number of sulfonamides is 1. The van der Waals surface area contributed by atoms with E-state index in [0.717, 1.165) is 5.56 Å². The topological polar surface area (TPSA) is 54.5 Å². The number of nitrogens with zero attached hydrogens (tertiary/aromatic N) is 1. The summed E-state index contributed by atoms with van der Waals surface area (Å²) in [7, 11) is -3.68. The number of ketones is 1. The van der Waals surface area contributed by atoms with E-state index in [2.05, 4.69) is 15.9 Å². The lowest BCUT2D eigenvalue weighted by Gasteiger charge is -2.21. The van der Waals surface area contributed by atoms with Gasteiger partial charge in [-0.15, -0.1) is 0 Å². The first-order valence-corrected chi connectivity index (χ1v) is 9.98. The first-order chi connectivity index (χ1) is 11.3. The van der Waals surface area contributed by atoms with Crippen molar-refractivity contribution in [2.24, 2.45) is 0 Å². The molecule has 0 N–H and O–H groups in total. The minimum atomic E-state index is -3.68. The molecular weight excluding hydrogens is 414 g/mol. The Balaban J connectivity index is 2.04. The summed E-state index contributed by atoms with van der Waals surface area (Å²) < 4.78 is 27.8. The van der Waals surface area contributed by atoms with Crippen LogP contribution in [-0.4, -0.2) is 25.1 Å². The summed E-state index contributed by atoms with van der Waals surface area (Å²) in [6, 6.07) is 10.1. The van der Waals surface area contributed by atoms with E-state index in [1.807, 2.05) is 6.92 Å². The van der Waals surface area contributed by atoms with Crippen LogP contribution in [0.3, 0.4) is 0 Å². The van der Waals surface area contributed by atoms with E-state index in [1.165, 1.54) is 4.31 Å². The van der Waals surface area contributed by atoms with E-state index >= 15 is 0 Å². The van der Waals surface area contributed by atoms with Crippen molar-refractivity contribution in [3.05, 3.63) is 62.6 Å². The fraction of sp³-hybridized carbons (Fsp3) is 0.235. The van der Waals surface area contributed by atoms with Gasteiger partial charge in [-0.05, 0) is 36.8 Å². The third-order valence-corrected chi connectivity index (χ3v) is 6.70. The van der Waals surface area contributed by atoms with Gasteiger partial charge in [0.15, 0.2) is 5.78 Å². The number of fused-ring (bicyclic) bond motifs is 1. The molecule has 0 radical (unpaired) electrons. The van der Waals surface area contributed by atoms with E-state index in [9.17, 15) is 13.2 Å². The molecule has 1 aliphatic heterocycles. The molecule has 7 heteroatoms. The second-order valence-corrected chi connectivity index (χ2v) is 9.00. The van der Waals surface area contributed by atoms with Gasteiger partial charge in [-0.1, -0.05) is 45.2 Å². The molecule has 2 aromatic carbocycles. The molecule has 1 heterocycles. The number of benzene rings is 2. The molecule has 0 aromatic heterocycles. The van der Waals surface area contributed by atoms with Gasteiger partial charge < -0.3 is 0 Å². The van der Waals surface area contributed by atoms with Crippen molar-refractivity contribution >= 4 is 43.3 Å². The molecule has 1 aliphatic rings. The lowest BCUT2D eigenvalue weighted by molar-refractivity contribution is 0.0981. The van der Waals surface area contributed by atoms with Gasteiger partial charge in [0.1, 0.15) is 0 Å². The highest BCUT2D eigenvalue weighted by Crippen LogP contribution is 2.32. The molecule has 0 aliphatic carbocycles. The van der Waals surface area contributed by atoms with Crippen LogP contribution in [0, 0.1) is 6.92 Å². The molecule has 2 aromatic rings. The van der Waals surface area contributed by atoms with Crippen LogP contribution in [0.2, 0.25) is 5.02 Å². The first-order valence-electron chi connectivity index (χ1n) is 7.37. The van der Waals surface area contributed by atoms with Crippen LogP contribution in [0.25, 0.3) is 0 Å². The van der Waals surface area contributed by atoms with Crippen LogP contribution in [-0.2, 0) is 16.6 Å². The summed E-state index contributed by atoms with van der Waals surface area (Å²) in [5, 5.41) is 0.388. The van der Waals surface area contributed by atoms with E-state index in [0.29, 0.717) is 20.6 Å². The number of carbonyl (C=O) groups is 1. The van der Waals surface area contributed by atoms with Crippen molar-refractivity contribution in [2.75, 3.05) is 6.54 Å². The van der Waals surface area contributed by atoms with Gasteiger partial charge in [-0.2, -0.15) is 4.31 Å². The molecule has 0 saturated carbocycles. The SMILES string of the molecule is Cc1ccc(S(=O)(=O)N2CCC(=O)c3cc(Br)cc(Cl)c3C2)cc1. The Morgan fingerprint density at radius 1 is 1.17 bits per heavy atom. The Kier molecular flexibility index (Phi) is 4.84. The van der Waals surface area contributed by atoms with E-state index < -0.39 is 10.0 Å². The predicted molar refractivity (Wildman–Crippen MR) is 96.9 cm³/mol. The Bertz CT molecular complexity index is 910. The van der Waals surface area contributed by atoms with Crippen molar-refractivity contribution in [1.82, 2.24) is 4.31 Å². The van der Waals surface area contributed by atoms with E-state index in [4.69, 9.17) is 11.6 Å². The zero-order chi connectivity index (χ0) is 17.5. The standard InChI is InChI=1S/C17H15BrClNO3S/c1-11-2-4-13(5-3-11)24(22,23)20-7-6-17(21)14-8-12(18)9-16(19)15(14)10-20/h2-5,8-9H,6-7,10H2,1H3. The van der Waals surface area contributed by atoms with Crippen molar-refractivity contribution in [3.8, 4) is 0 Å². The van der Waals surface area contributed by atoms with Crippen LogP contribution in [0.5, 0.6) is 0 Å². The minimum absolute atomic E-state index is 0.0867. The number of aryl methyl sites for hydroxylation is 1. The number of Topliss-reactive ketones (excluding diaryl/α,β-unsaturated/α-hetero) is 1. The lowest BCUT2D eigenvalue weighted by atomic mass is 10.0. The maximum absolute atomic E-state index is 12.9. The number of hydrogen-bond acceptors (Lipinski definition) is 3.